The van der Waals surface area contributed by atoms with Gasteiger partial charge in [0.25, 0.3) is 0 Å². The van der Waals surface area contributed by atoms with Crippen molar-refractivity contribution in [3.63, 3.8) is 0 Å². The average Bonchev–Trinajstić information content (AvgIpc) is 2.81. The summed E-state index contributed by atoms with van der Waals surface area (Å²) in [6.07, 6.45) is 5.99. The van der Waals surface area contributed by atoms with E-state index in [4.69, 9.17) is 16.6 Å². The van der Waals surface area contributed by atoms with Crippen molar-refractivity contribution in [1.29, 1.82) is 0 Å². The van der Waals surface area contributed by atoms with Gasteiger partial charge in [-0.05, 0) is 24.1 Å². The molecule has 0 saturated heterocycles. The molecule has 0 aliphatic carbocycles. The van der Waals surface area contributed by atoms with Gasteiger partial charge >= 0.3 is 0 Å². The first-order valence-corrected chi connectivity index (χ1v) is 10.00. The third-order valence-electron chi connectivity index (χ3n) is 4.65. The lowest BCUT2D eigenvalue weighted by Gasteiger charge is -2.18. The van der Waals surface area contributed by atoms with Gasteiger partial charge in [-0.3, -0.25) is 4.98 Å². The standard InChI is InChI=1S/C23H21ClN6/c1-30(22-16-25-15-20(28-22)18-8-3-2-4-9-18)21-12-14-27-23(29-21)26-13-11-17-7-5-6-10-19(17)24/h2-10,12,14-16H,11,13H2,1H3,(H,26,27,29). The lowest BCUT2D eigenvalue weighted by Crippen LogP contribution is -2.15. The van der Waals surface area contributed by atoms with E-state index in [-0.39, 0.29) is 0 Å². The lowest BCUT2D eigenvalue weighted by atomic mass is 10.1. The molecule has 0 atom stereocenters. The molecule has 0 fully saturated rings. The Balaban J connectivity index is 1.46. The van der Waals surface area contributed by atoms with Gasteiger partial charge in [0, 0.05) is 30.4 Å². The van der Waals surface area contributed by atoms with Crippen LogP contribution in [0.5, 0.6) is 0 Å². The quantitative estimate of drug-likeness (QED) is 0.456. The number of hydrogen-bond donors (Lipinski definition) is 1. The molecule has 0 amide bonds. The van der Waals surface area contributed by atoms with E-state index in [9.17, 15) is 0 Å². The number of rotatable bonds is 7. The molecule has 0 aliphatic rings. The van der Waals surface area contributed by atoms with E-state index < -0.39 is 0 Å². The van der Waals surface area contributed by atoms with E-state index >= 15 is 0 Å². The van der Waals surface area contributed by atoms with Gasteiger partial charge in [-0.15, -0.1) is 0 Å². The molecule has 0 bridgehead atoms. The molecule has 2 aromatic heterocycles. The predicted octanol–water partition coefficient (Wildman–Crippen LogP) is 5.01. The molecule has 30 heavy (non-hydrogen) atoms. The Morgan fingerprint density at radius 3 is 2.53 bits per heavy atom. The van der Waals surface area contributed by atoms with Crippen molar-refractivity contribution in [2.75, 3.05) is 23.8 Å². The number of hydrogen-bond acceptors (Lipinski definition) is 6. The number of aromatic nitrogens is 4. The minimum absolute atomic E-state index is 0.554. The van der Waals surface area contributed by atoms with Gasteiger partial charge in [-0.25, -0.2) is 9.97 Å². The van der Waals surface area contributed by atoms with Crippen LogP contribution in [0.1, 0.15) is 5.56 Å². The number of anilines is 3. The summed E-state index contributed by atoms with van der Waals surface area (Å²) < 4.78 is 0. The topological polar surface area (TPSA) is 66.8 Å². The Bertz CT molecular complexity index is 1120. The van der Waals surface area contributed by atoms with Crippen LogP contribution < -0.4 is 10.2 Å². The normalized spacial score (nSPS) is 10.6. The maximum atomic E-state index is 6.22. The Morgan fingerprint density at radius 1 is 0.900 bits per heavy atom. The Hall–Kier alpha value is -3.51. The van der Waals surface area contributed by atoms with Crippen molar-refractivity contribution in [3.8, 4) is 11.3 Å². The van der Waals surface area contributed by atoms with Crippen molar-refractivity contribution < 1.29 is 0 Å². The molecule has 0 unspecified atom stereocenters. The highest BCUT2D eigenvalue weighted by Gasteiger charge is 2.10. The molecular weight excluding hydrogens is 396 g/mol. The molecule has 7 heteroatoms. The first-order valence-electron chi connectivity index (χ1n) is 9.62. The van der Waals surface area contributed by atoms with Gasteiger partial charge in [0.1, 0.15) is 5.82 Å². The first-order chi connectivity index (χ1) is 14.7. The van der Waals surface area contributed by atoms with Gasteiger partial charge < -0.3 is 10.2 Å². The van der Waals surface area contributed by atoms with Crippen molar-refractivity contribution in [2.24, 2.45) is 0 Å². The van der Waals surface area contributed by atoms with Crippen LogP contribution in [0.2, 0.25) is 5.02 Å². The van der Waals surface area contributed by atoms with Crippen LogP contribution in [-0.2, 0) is 6.42 Å². The molecule has 0 aliphatic heterocycles. The summed E-state index contributed by atoms with van der Waals surface area (Å²) in [5.41, 5.74) is 2.92. The smallest absolute Gasteiger partial charge is 0.224 e. The second kappa shape index (κ2) is 9.33. The summed E-state index contributed by atoms with van der Waals surface area (Å²) >= 11 is 6.22. The third kappa shape index (κ3) is 4.72. The van der Waals surface area contributed by atoms with Crippen molar-refractivity contribution in [2.45, 2.75) is 6.42 Å². The number of halogens is 1. The van der Waals surface area contributed by atoms with Crippen LogP contribution in [0.15, 0.2) is 79.3 Å². The largest absolute Gasteiger partial charge is 0.354 e. The maximum absolute atomic E-state index is 6.22. The van der Waals surface area contributed by atoms with Gasteiger partial charge in [0.2, 0.25) is 5.95 Å². The predicted molar refractivity (Wildman–Crippen MR) is 121 cm³/mol. The van der Waals surface area contributed by atoms with Crippen molar-refractivity contribution in [1.82, 2.24) is 19.9 Å². The molecule has 2 heterocycles. The minimum atomic E-state index is 0.554. The Morgan fingerprint density at radius 2 is 1.70 bits per heavy atom. The van der Waals surface area contributed by atoms with Crippen LogP contribution in [0.25, 0.3) is 11.3 Å². The molecule has 0 spiro atoms. The first kappa shape index (κ1) is 19.8. The highest BCUT2D eigenvalue weighted by atomic mass is 35.5. The van der Waals surface area contributed by atoms with E-state index in [1.54, 1.807) is 18.6 Å². The third-order valence-corrected chi connectivity index (χ3v) is 5.02. The Kier molecular flexibility index (Phi) is 6.15. The molecule has 1 N–H and O–H groups in total. The fraction of sp³-hybridized carbons (Fsp3) is 0.130. The second-order valence-corrected chi connectivity index (χ2v) is 7.10. The molecule has 0 radical (unpaired) electrons. The fourth-order valence-electron chi connectivity index (χ4n) is 3.01. The number of nitrogens with one attached hydrogen (secondary N) is 1. The maximum Gasteiger partial charge on any atom is 0.224 e. The average molecular weight is 417 g/mol. The summed E-state index contributed by atoms with van der Waals surface area (Å²) in [7, 11) is 1.91. The summed E-state index contributed by atoms with van der Waals surface area (Å²) in [6, 6.07) is 19.6. The summed E-state index contributed by atoms with van der Waals surface area (Å²) in [5, 5.41) is 4.03. The molecule has 150 valence electrons. The molecule has 4 rings (SSSR count). The van der Waals surface area contributed by atoms with Gasteiger partial charge in [0.15, 0.2) is 5.82 Å². The highest BCUT2D eigenvalue weighted by Crippen LogP contribution is 2.23. The van der Waals surface area contributed by atoms with E-state index in [1.165, 1.54) is 0 Å². The highest BCUT2D eigenvalue weighted by molar-refractivity contribution is 6.31. The van der Waals surface area contributed by atoms with Crippen LogP contribution in [0.4, 0.5) is 17.6 Å². The Labute approximate surface area is 180 Å². The zero-order chi connectivity index (χ0) is 20.8. The van der Waals surface area contributed by atoms with Crippen LogP contribution in [0.3, 0.4) is 0 Å². The molecular formula is C23H21ClN6. The monoisotopic (exact) mass is 416 g/mol. The van der Waals surface area contributed by atoms with Crippen molar-refractivity contribution in [3.05, 3.63) is 89.8 Å². The van der Waals surface area contributed by atoms with Crippen LogP contribution >= 0.6 is 11.6 Å². The van der Waals surface area contributed by atoms with Gasteiger partial charge in [-0.1, -0.05) is 60.1 Å². The summed E-state index contributed by atoms with van der Waals surface area (Å²) in [4.78, 5) is 19.9. The molecule has 0 saturated carbocycles. The summed E-state index contributed by atoms with van der Waals surface area (Å²) in [5.74, 6) is 1.99. The van der Waals surface area contributed by atoms with E-state index in [1.807, 2.05) is 72.6 Å². The van der Waals surface area contributed by atoms with E-state index in [2.05, 4.69) is 20.3 Å². The SMILES string of the molecule is CN(c1cncc(-c2ccccc2)n1)c1ccnc(NCCc2ccccc2Cl)n1. The van der Waals surface area contributed by atoms with Gasteiger partial charge in [0.05, 0.1) is 18.1 Å². The van der Waals surface area contributed by atoms with E-state index in [0.29, 0.717) is 18.3 Å². The van der Waals surface area contributed by atoms with Crippen molar-refractivity contribution >= 4 is 29.2 Å². The second-order valence-electron chi connectivity index (χ2n) is 6.69. The zero-order valence-electron chi connectivity index (χ0n) is 16.5. The van der Waals surface area contributed by atoms with Crippen LogP contribution in [0, 0.1) is 0 Å². The number of benzene rings is 2. The van der Waals surface area contributed by atoms with Gasteiger partial charge in [-0.2, -0.15) is 4.98 Å². The van der Waals surface area contributed by atoms with E-state index in [0.717, 1.165) is 34.1 Å². The fourth-order valence-corrected chi connectivity index (χ4v) is 3.24. The molecule has 4 aromatic rings. The summed E-state index contributed by atoms with van der Waals surface area (Å²) in [6.45, 7) is 0.681. The molecule has 2 aromatic carbocycles. The van der Waals surface area contributed by atoms with Crippen LogP contribution in [-0.4, -0.2) is 33.5 Å². The molecule has 6 nitrogen and oxygen atoms in total. The number of nitrogens with zero attached hydrogens (tertiary/aromatic N) is 5. The lowest BCUT2D eigenvalue weighted by molar-refractivity contribution is 0.971. The zero-order valence-corrected chi connectivity index (χ0v) is 17.3. The minimum Gasteiger partial charge on any atom is -0.354 e.